The Kier molecular flexibility index (Phi) is 4.34. The minimum atomic E-state index is -0.852. The van der Waals surface area contributed by atoms with Gasteiger partial charge in [-0.1, -0.05) is 0 Å². The number of hydrogen-bond acceptors (Lipinski definition) is 3. The lowest BCUT2D eigenvalue weighted by molar-refractivity contribution is -0.153. The monoisotopic (exact) mass is 293 g/mol. The largest absolute Gasteiger partial charge is 0.481 e. The number of aromatic nitrogens is 2. The summed E-state index contributed by atoms with van der Waals surface area (Å²) in [6.45, 7) is 7.88. The Labute approximate surface area is 124 Å². The molecule has 2 unspecified atom stereocenters. The summed E-state index contributed by atoms with van der Waals surface area (Å²) in [7, 11) is 0. The van der Waals surface area contributed by atoms with E-state index in [2.05, 4.69) is 4.98 Å². The van der Waals surface area contributed by atoms with E-state index in [9.17, 15) is 14.7 Å². The van der Waals surface area contributed by atoms with Gasteiger partial charge in [-0.05, 0) is 34.1 Å². The van der Waals surface area contributed by atoms with Crippen molar-refractivity contribution in [2.45, 2.75) is 58.7 Å². The lowest BCUT2D eigenvalue weighted by atomic mass is 9.85. The normalized spacial score (nSPS) is 23.1. The van der Waals surface area contributed by atoms with Crippen molar-refractivity contribution >= 4 is 11.9 Å². The van der Waals surface area contributed by atoms with Gasteiger partial charge in [-0.25, -0.2) is 4.98 Å². The summed E-state index contributed by atoms with van der Waals surface area (Å²) < 4.78 is 1.95. The highest BCUT2D eigenvalue weighted by atomic mass is 16.4. The number of carbonyl (C=O) groups is 2. The van der Waals surface area contributed by atoms with Gasteiger partial charge in [-0.3, -0.25) is 9.59 Å². The van der Waals surface area contributed by atoms with Crippen LogP contribution in [0.1, 0.15) is 58.3 Å². The molecule has 2 atom stereocenters. The lowest BCUT2D eigenvalue weighted by Crippen LogP contribution is -2.49. The summed E-state index contributed by atoms with van der Waals surface area (Å²) >= 11 is 0. The second kappa shape index (κ2) is 5.87. The van der Waals surface area contributed by atoms with Gasteiger partial charge in [-0.2, -0.15) is 0 Å². The fourth-order valence-corrected chi connectivity index (χ4v) is 3.11. The topological polar surface area (TPSA) is 75.4 Å². The average Bonchev–Trinajstić information content (AvgIpc) is 2.86. The molecule has 0 aromatic carbocycles. The maximum absolute atomic E-state index is 12.3. The van der Waals surface area contributed by atoms with Crippen molar-refractivity contribution in [3.8, 4) is 0 Å². The summed E-state index contributed by atoms with van der Waals surface area (Å²) in [6.07, 6.45) is 4.07. The van der Waals surface area contributed by atoms with Gasteiger partial charge in [0.05, 0.1) is 30.2 Å². The van der Waals surface area contributed by atoms with Crippen LogP contribution in [-0.2, 0) is 9.59 Å². The lowest BCUT2D eigenvalue weighted by Gasteiger charge is -2.42. The standard InChI is InChI=1S/C15H23N3O3/c1-9(2)17-8-16-7-12(17)14-11(15(20)21)5-6-13(19)18(14)10(3)4/h7-11,14H,5-6H2,1-4H3,(H,20,21). The molecule has 0 bridgehead atoms. The molecule has 1 aromatic rings. The quantitative estimate of drug-likeness (QED) is 0.923. The fraction of sp³-hybridized carbons (Fsp3) is 0.667. The van der Waals surface area contributed by atoms with Crippen LogP contribution in [0.25, 0.3) is 0 Å². The zero-order valence-corrected chi connectivity index (χ0v) is 13.0. The Morgan fingerprint density at radius 2 is 2.00 bits per heavy atom. The van der Waals surface area contributed by atoms with Crippen LogP contribution in [-0.4, -0.2) is 37.5 Å². The van der Waals surface area contributed by atoms with E-state index in [1.807, 2.05) is 32.3 Å². The van der Waals surface area contributed by atoms with Crippen LogP contribution in [0.3, 0.4) is 0 Å². The molecule has 6 heteroatoms. The molecule has 1 aromatic heterocycles. The summed E-state index contributed by atoms with van der Waals surface area (Å²) in [5.74, 6) is -1.42. The van der Waals surface area contributed by atoms with Crippen molar-refractivity contribution in [2.75, 3.05) is 0 Å². The van der Waals surface area contributed by atoms with Gasteiger partial charge in [0.25, 0.3) is 0 Å². The van der Waals surface area contributed by atoms with Gasteiger partial charge < -0.3 is 14.6 Å². The molecule has 6 nitrogen and oxygen atoms in total. The first kappa shape index (κ1) is 15.5. The molecule has 0 saturated carbocycles. The van der Waals surface area contributed by atoms with Gasteiger partial charge in [-0.15, -0.1) is 0 Å². The number of carbonyl (C=O) groups excluding carboxylic acids is 1. The van der Waals surface area contributed by atoms with Crippen LogP contribution in [0, 0.1) is 5.92 Å². The Morgan fingerprint density at radius 1 is 1.33 bits per heavy atom. The van der Waals surface area contributed by atoms with Crippen molar-refractivity contribution in [3.05, 3.63) is 18.2 Å². The first-order valence-corrected chi connectivity index (χ1v) is 7.40. The summed E-state index contributed by atoms with van der Waals surface area (Å²) in [4.78, 5) is 29.8. The number of nitrogens with zero attached hydrogens (tertiary/aromatic N) is 3. The van der Waals surface area contributed by atoms with E-state index in [0.717, 1.165) is 5.69 Å². The highest BCUT2D eigenvalue weighted by molar-refractivity contribution is 5.81. The highest BCUT2D eigenvalue weighted by Gasteiger charge is 2.43. The molecule has 1 N–H and O–H groups in total. The van der Waals surface area contributed by atoms with Crippen molar-refractivity contribution in [3.63, 3.8) is 0 Å². The summed E-state index contributed by atoms with van der Waals surface area (Å²) in [6, 6.07) is -0.322. The highest BCUT2D eigenvalue weighted by Crippen LogP contribution is 2.38. The van der Waals surface area contributed by atoms with Gasteiger partial charge in [0.1, 0.15) is 0 Å². The Hall–Kier alpha value is -1.85. The van der Waals surface area contributed by atoms with Crippen LogP contribution in [0.5, 0.6) is 0 Å². The van der Waals surface area contributed by atoms with E-state index in [1.54, 1.807) is 17.4 Å². The first-order chi connectivity index (χ1) is 9.84. The van der Waals surface area contributed by atoms with E-state index >= 15 is 0 Å². The molecular formula is C15H23N3O3. The fourth-order valence-electron chi connectivity index (χ4n) is 3.11. The van der Waals surface area contributed by atoms with Crippen molar-refractivity contribution in [1.82, 2.24) is 14.5 Å². The Balaban J connectivity index is 2.52. The molecule has 0 radical (unpaired) electrons. The van der Waals surface area contributed by atoms with Gasteiger partial charge in [0.15, 0.2) is 0 Å². The summed E-state index contributed by atoms with van der Waals surface area (Å²) in [5, 5.41) is 9.56. The molecule has 2 rings (SSSR count). The Bertz CT molecular complexity index is 536. The maximum atomic E-state index is 12.3. The maximum Gasteiger partial charge on any atom is 0.309 e. The third-order valence-corrected chi connectivity index (χ3v) is 4.07. The molecule has 0 aliphatic carbocycles. The molecule has 0 spiro atoms. The number of piperidine rings is 1. The number of carboxylic acids is 1. The van der Waals surface area contributed by atoms with Crippen LogP contribution >= 0.6 is 0 Å². The SMILES string of the molecule is CC(C)N1C(=O)CCC(C(=O)O)C1c1cncn1C(C)C. The molecule has 1 amide bonds. The number of hydrogen-bond donors (Lipinski definition) is 1. The number of imidazole rings is 1. The number of amides is 1. The number of carboxylic acid groups (broad SMARTS) is 1. The van der Waals surface area contributed by atoms with Crippen molar-refractivity contribution in [1.29, 1.82) is 0 Å². The van der Waals surface area contributed by atoms with Crippen molar-refractivity contribution < 1.29 is 14.7 Å². The number of rotatable bonds is 4. The van der Waals surface area contributed by atoms with Crippen LogP contribution < -0.4 is 0 Å². The van der Waals surface area contributed by atoms with Crippen LogP contribution in [0.15, 0.2) is 12.5 Å². The molecule has 1 saturated heterocycles. The first-order valence-electron chi connectivity index (χ1n) is 7.40. The molecule has 21 heavy (non-hydrogen) atoms. The van der Waals surface area contributed by atoms with E-state index in [4.69, 9.17) is 0 Å². The second-order valence-corrected chi connectivity index (χ2v) is 6.14. The Morgan fingerprint density at radius 3 is 2.52 bits per heavy atom. The minimum Gasteiger partial charge on any atom is -0.481 e. The zero-order valence-electron chi connectivity index (χ0n) is 13.0. The molecule has 1 aliphatic heterocycles. The van der Waals surface area contributed by atoms with E-state index < -0.39 is 17.9 Å². The van der Waals surface area contributed by atoms with Gasteiger partial charge in [0, 0.05) is 18.5 Å². The van der Waals surface area contributed by atoms with Crippen LogP contribution in [0.2, 0.25) is 0 Å². The summed E-state index contributed by atoms with van der Waals surface area (Å²) in [5.41, 5.74) is 0.805. The predicted molar refractivity (Wildman–Crippen MR) is 77.7 cm³/mol. The predicted octanol–water partition coefficient (Wildman–Crippen LogP) is 2.24. The van der Waals surface area contributed by atoms with E-state index in [0.29, 0.717) is 12.8 Å². The second-order valence-electron chi connectivity index (χ2n) is 6.14. The van der Waals surface area contributed by atoms with Gasteiger partial charge >= 0.3 is 5.97 Å². The third-order valence-electron chi connectivity index (χ3n) is 4.07. The molecule has 1 aliphatic rings. The van der Waals surface area contributed by atoms with Gasteiger partial charge in [0.2, 0.25) is 5.91 Å². The molecular weight excluding hydrogens is 270 g/mol. The molecule has 116 valence electrons. The minimum absolute atomic E-state index is 0.0176. The van der Waals surface area contributed by atoms with E-state index in [1.165, 1.54) is 0 Å². The molecule has 2 heterocycles. The van der Waals surface area contributed by atoms with Crippen molar-refractivity contribution in [2.24, 2.45) is 5.92 Å². The molecule has 1 fully saturated rings. The van der Waals surface area contributed by atoms with E-state index in [-0.39, 0.29) is 18.0 Å². The zero-order chi connectivity index (χ0) is 15.7. The average molecular weight is 293 g/mol. The van der Waals surface area contributed by atoms with Crippen LogP contribution in [0.4, 0.5) is 0 Å². The number of aliphatic carboxylic acids is 1. The number of likely N-dealkylation sites (tertiary alicyclic amines) is 1. The third kappa shape index (κ3) is 2.80. The smallest absolute Gasteiger partial charge is 0.309 e.